The summed E-state index contributed by atoms with van der Waals surface area (Å²) in [5.41, 5.74) is 1.45. The van der Waals surface area contributed by atoms with Crippen LogP contribution in [0.5, 0.6) is 0 Å². The molecule has 1 aromatic rings. The molecule has 1 aromatic heterocycles. The summed E-state index contributed by atoms with van der Waals surface area (Å²) in [5, 5.41) is 23.6. The van der Waals surface area contributed by atoms with Gasteiger partial charge in [-0.2, -0.15) is 0 Å². The summed E-state index contributed by atoms with van der Waals surface area (Å²) >= 11 is 0. The molecular weight excluding hydrogens is 1190 g/mol. The summed E-state index contributed by atoms with van der Waals surface area (Å²) < 4.78 is 5.92. The number of esters is 1. The lowest BCUT2D eigenvalue weighted by Crippen LogP contribution is -2.63. The third-order valence-electron chi connectivity index (χ3n) is 17.0. The van der Waals surface area contributed by atoms with E-state index < -0.39 is 156 Å². The number of carbonyl (C=O) groups is 11. The first-order valence-electron chi connectivity index (χ1n) is 33.4. The zero-order valence-corrected chi connectivity index (χ0v) is 60.5. The van der Waals surface area contributed by atoms with Crippen molar-refractivity contribution in [3.63, 3.8) is 0 Å². The number of hydrogen-bond donors (Lipinski definition) is 5. The molecule has 24 heteroatoms. The van der Waals surface area contributed by atoms with Crippen molar-refractivity contribution in [2.24, 2.45) is 47.3 Å². The van der Waals surface area contributed by atoms with Crippen LogP contribution in [0.1, 0.15) is 174 Å². The standard InChI is InChI=1S/C69H117N11O13/c1-25-49-64(87)75(19)37-55(81)76(20)52(34-40(6)7)61(84)73-50(32-38(2)3)65(88)77(21)53(35-41(8)9)60(83)71-47(18)69(92)93-59(44(14)15)68(91)78(22)54(36-42(10)11)62(85)74-51(33-39(4)5)66(89)79(23)56(43(12)13)67(90)80(24)57(63(86)72-49)58(82)45(16)28-26-30-48-31-27-29-46(17)70-48/h26-27,29-31,38-45,47,49-54,56-59,82H,25,28,32-37H2,1-24H3,(H,71,83)(H,72,86)(H,73,84)(H,74,85)/t45-,47-,49-,50-,51-,52+,53-,54-,56-,57-,58-,59+/m1/s1. The number of nitrogens with one attached hydrogen (secondary N) is 4. The molecular formula is C69H117N11O13. The van der Waals surface area contributed by atoms with E-state index in [2.05, 4.69) is 26.3 Å². The van der Waals surface area contributed by atoms with Crippen LogP contribution in [0.15, 0.2) is 24.3 Å². The molecule has 0 unspecified atom stereocenters. The lowest BCUT2D eigenvalue weighted by Gasteiger charge is -2.40. The van der Waals surface area contributed by atoms with E-state index in [1.54, 1.807) is 53.7 Å². The summed E-state index contributed by atoms with van der Waals surface area (Å²) in [4.78, 5) is 173. The number of aliphatic hydroxyl groups excluding tert-OH is 1. The first kappa shape index (κ1) is 82.1. The van der Waals surface area contributed by atoms with Crippen molar-refractivity contribution in [3.8, 4) is 0 Å². The Hall–Kier alpha value is -6.98. The van der Waals surface area contributed by atoms with Crippen LogP contribution < -0.4 is 21.3 Å². The van der Waals surface area contributed by atoms with Crippen LogP contribution in [-0.4, -0.2) is 220 Å². The van der Waals surface area contributed by atoms with E-state index in [-0.39, 0.29) is 74.5 Å². The second-order valence-corrected chi connectivity index (χ2v) is 28.6. The van der Waals surface area contributed by atoms with Gasteiger partial charge in [-0.3, -0.25) is 52.9 Å². The van der Waals surface area contributed by atoms with Gasteiger partial charge in [0.2, 0.25) is 53.2 Å². The largest absolute Gasteiger partial charge is 0.450 e. The minimum Gasteiger partial charge on any atom is -0.450 e. The van der Waals surface area contributed by atoms with Crippen LogP contribution in [0.3, 0.4) is 0 Å². The van der Waals surface area contributed by atoms with Crippen molar-refractivity contribution < 1.29 is 62.6 Å². The van der Waals surface area contributed by atoms with Gasteiger partial charge in [0.25, 0.3) is 5.91 Å². The van der Waals surface area contributed by atoms with Gasteiger partial charge in [0.1, 0.15) is 54.4 Å². The summed E-state index contributed by atoms with van der Waals surface area (Å²) in [5.74, 6) is -10.9. The number of aryl methyl sites for hydroxylation is 1. The van der Waals surface area contributed by atoms with E-state index in [9.17, 15) is 43.5 Å². The second kappa shape index (κ2) is 37.8. The van der Waals surface area contributed by atoms with Crippen molar-refractivity contribution in [3.05, 3.63) is 35.7 Å². The van der Waals surface area contributed by atoms with Gasteiger partial charge in [0.15, 0.2) is 6.10 Å². The average molecular weight is 1310 g/mol. The molecule has 0 bridgehead atoms. The number of aliphatic hydroxyl groups is 1. The van der Waals surface area contributed by atoms with Gasteiger partial charge in [-0.15, -0.1) is 0 Å². The SMILES string of the molecule is CC[C@H]1NC(=O)[C@@H]([C@H](O)[C@H](C)CC=Cc2cccc(C)n2)N(C)C(=O)[C@@H](C(C)C)N(C)C(=O)[C@@H](CC(C)C)NC(=O)[C@@H](CC(C)C)N(C)C(=O)[C@H](C(C)C)OC(=O)[C@@H](C)NC(=O)[C@@H](CC(C)C)N(C)C(=O)[C@@H](CC(C)C)NC(=O)[C@H](CC(C)C)N(C)C(=O)CN(C)C1=O. The Morgan fingerprint density at radius 1 is 0.527 bits per heavy atom. The van der Waals surface area contributed by atoms with Crippen molar-refractivity contribution in [2.45, 2.75) is 236 Å². The minimum atomic E-state index is -1.67. The Labute approximate surface area is 555 Å². The van der Waals surface area contributed by atoms with Crippen LogP contribution in [0.4, 0.5) is 0 Å². The molecule has 0 aliphatic carbocycles. The number of hydrogen-bond acceptors (Lipinski definition) is 14. The third-order valence-corrected chi connectivity index (χ3v) is 17.0. The highest BCUT2D eigenvalue weighted by molar-refractivity contribution is 5.99. The molecule has 1 saturated heterocycles. The van der Waals surface area contributed by atoms with Gasteiger partial charge in [0.05, 0.1) is 18.3 Å². The summed E-state index contributed by atoms with van der Waals surface area (Å²) in [6, 6.07) is -6.09. The fourth-order valence-corrected chi connectivity index (χ4v) is 11.5. The normalized spacial score (nSPS) is 25.5. The smallest absolute Gasteiger partial charge is 0.329 e. The lowest BCUT2D eigenvalue weighted by molar-refractivity contribution is -0.166. The van der Waals surface area contributed by atoms with E-state index in [1.807, 2.05) is 94.4 Å². The molecule has 526 valence electrons. The Bertz CT molecular complexity index is 2730. The highest BCUT2D eigenvalue weighted by Gasteiger charge is 2.45. The molecule has 93 heavy (non-hydrogen) atoms. The van der Waals surface area contributed by atoms with E-state index in [0.717, 1.165) is 15.5 Å². The molecule has 1 aliphatic heterocycles. The monoisotopic (exact) mass is 1310 g/mol. The van der Waals surface area contributed by atoms with Crippen LogP contribution in [0.25, 0.3) is 6.08 Å². The topological polar surface area (TPSA) is 298 Å². The Morgan fingerprint density at radius 3 is 1.40 bits per heavy atom. The quantitative estimate of drug-likeness (QED) is 0.118. The van der Waals surface area contributed by atoms with Crippen molar-refractivity contribution in [1.29, 1.82) is 0 Å². The average Bonchev–Trinajstić information content (AvgIpc) is 0.825. The number of carbonyl (C=O) groups excluding carboxylic acids is 11. The zero-order valence-electron chi connectivity index (χ0n) is 60.5. The number of amides is 10. The van der Waals surface area contributed by atoms with Crippen LogP contribution in [0, 0.1) is 54.3 Å². The lowest BCUT2D eigenvalue weighted by atomic mass is 9.91. The van der Waals surface area contributed by atoms with Crippen LogP contribution in [-0.2, 0) is 57.5 Å². The Kier molecular flexibility index (Phi) is 33.4. The Balaban J connectivity index is 3.02. The van der Waals surface area contributed by atoms with Crippen LogP contribution in [0.2, 0.25) is 0 Å². The first-order valence-corrected chi connectivity index (χ1v) is 33.4. The molecule has 5 N–H and O–H groups in total. The molecule has 2 heterocycles. The van der Waals surface area contributed by atoms with Gasteiger partial charge in [-0.25, -0.2) is 4.79 Å². The number of nitrogens with zero attached hydrogens (tertiary/aromatic N) is 7. The summed E-state index contributed by atoms with van der Waals surface area (Å²) in [7, 11) is 8.38. The highest BCUT2D eigenvalue weighted by atomic mass is 16.6. The van der Waals surface area contributed by atoms with Gasteiger partial charge < -0.3 is 60.5 Å². The number of cyclic esters (lactones) is 1. The molecule has 0 radical (unpaired) electrons. The highest BCUT2D eigenvalue weighted by Crippen LogP contribution is 2.25. The number of pyridine rings is 1. The zero-order chi connectivity index (χ0) is 71.4. The number of likely N-dealkylation sites (N-methyl/N-ethyl adjacent to an activating group) is 6. The fourth-order valence-electron chi connectivity index (χ4n) is 11.5. The van der Waals surface area contributed by atoms with Gasteiger partial charge in [0, 0.05) is 48.0 Å². The molecule has 0 spiro atoms. The summed E-state index contributed by atoms with van der Waals surface area (Å²) in [6.07, 6.45) is 1.35. The maximum Gasteiger partial charge on any atom is 0.329 e. The van der Waals surface area contributed by atoms with Crippen molar-refractivity contribution in [1.82, 2.24) is 55.7 Å². The van der Waals surface area contributed by atoms with Crippen molar-refractivity contribution in [2.75, 3.05) is 48.8 Å². The maximum atomic E-state index is 15.3. The van der Waals surface area contributed by atoms with E-state index in [0.29, 0.717) is 5.69 Å². The number of aromatic nitrogens is 1. The predicted octanol–water partition coefficient (Wildman–Crippen LogP) is 5.22. The predicted molar refractivity (Wildman–Crippen MR) is 359 cm³/mol. The van der Waals surface area contributed by atoms with E-state index in [1.165, 1.54) is 68.8 Å². The maximum absolute atomic E-state index is 15.3. The molecule has 10 amide bonds. The fraction of sp³-hybridized carbons (Fsp3) is 0.739. The van der Waals surface area contributed by atoms with Crippen LogP contribution >= 0.6 is 0 Å². The number of allylic oxidation sites excluding steroid dienone is 1. The molecule has 12 atom stereocenters. The first-order chi connectivity index (χ1) is 43.1. The molecule has 0 saturated carbocycles. The van der Waals surface area contributed by atoms with E-state index in [4.69, 9.17) is 4.74 Å². The number of ether oxygens (including phenoxy) is 1. The minimum absolute atomic E-state index is 0.000978. The molecule has 1 fully saturated rings. The second-order valence-electron chi connectivity index (χ2n) is 28.6. The van der Waals surface area contributed by atoms with Gasteiger partial charge in [-0.05, 0) is 124 Å². The molecule has 24 nitrogen and oxygen atoms in total. The third kappa shape index (κ3) is 24.4. The molecule has 2 rings (SSSR count). The summed E-state index contributed by atoms with van der Waals surface area (Å²) in [6.45, 7) is 31.3. The molecule has 0 aromatic carbocycles. The van der Waals surface area contributed by atoms with E-state index >= 15 is 14.4 Å². The Morgan fingerprint density at radius 2 is 0.957 bits per heavy atom. The number of rotatable bonds is 18. The van der Waals surface area contributed by atoms with Gasteiger partial charge in [-0.1, -0.05) is 123 Å². The molecule has 1 aliphatic rings. The van der Waals surface area contributed by atoms with Crippen molar-refractivity contribution >= 4 is 71.1 Å². The van der Waals surface area contributed by atoms with Gasteiger partial charge >= 0.3 is 5.97 Å².